The molecule has 3 nitrogen and oxygen atoms in total. The van der Waals surface area contributed by atoms with Gasteiger partial charge in [0.15, 0.2) is 0 Å². The molecule has 0 amide bonds. The molecule has 0 heterocycles. The van der Waals surface area contributed by atoms with Gasteiger partial charge in [0.1, 0.15) is 5.75 Å². The quantitative estimate of drug-likeness (QED) is 0.825. The molecule has 0 aliphatic carbocycles. The molecule has 0 aromatic heterocycles. The van der Waals surface area contributed by atoms with E-state index in [-0.39, 0.29) is 6.10 Å². The number of phenolic OH excluding ortho intramolecular Hbond substituents is 1. The summed E-state index contributed by atoms with van der Waals surface area (Å²) in [4.78, 5) is 2.15. The molecule has 1 aromatic carbocycles. The Morgan fingerprint density at radius 3 is 2.71 bits per heavy atom. The summed E-state index contributed by atoms with van der Waals surface area (Å²) in [5, 5.41) is 9.74. The summed E-state index contributed by atoms with van der Waals surface area (Å²) in [6.45, 7) is 8.44. The molecule has 1 N–H and O–H groups in total. The Morgan fingerprint density at radius 1 is 1.35 bits per heavy atom. The van der Waals surface area contributed by atoms with E-state index in [0.29, 0.717) is 5.75 Å². The summed E-state index contributed by atoms with van der Waals surface area (Å²) >= 11 is 0. The zero-order valence-electron chi connectivity index (χ0n) is 11.2. The highest BCUT2D eigenvalue weighted by Gasteiger charge is 2.05. The lowest BCUT2D eigenvalue weighted by atomic mass is 10.1. The minimum atomic E-state index is 0.274. The number of aromatic hydroxyl groups is 1. The summed E-state index contributed by atoms with van der Waals surface area (Å²) < 4.78 is 5.50. The normalized spacial score (nSPS) is 11.4. The first-order chi connectivity index (χ1) is 7.99. The lowest BCUT2D eigenvalue weighted by Crippen LogP contribution is -2.24. The van der Waals surface area contributed by atoms with Crippen molar-refractivity contribution in [2.24, 2.45) is 0 Å². The second-order valence-electron chi connectivity index (χ2n) is 4.79. The maximum absolute atomic E-state index is 9.74. The molecule has 0 atom stereocenters. The lowest BCUT2D eigenvalue weighted by molar-refractivity contribution is 0.0626. The fraction of sp³-hybridized carbons (Fsp3) is 0.571. The van der Waals surface area contributed by atoms with Gasteiger partial charge in [0, 0.05) is 18.7 Å². The topological polar surface area (TPSA) is 32.7 Å². The molecule has 0 aliphatic heterocycles. The van der Waals surface area contributed by atoms with Crippen LogP contribution in [-0.2, 0) is 11.3 Å². The molecule has 0 saturated carbocycles. The fourth-order valence-corrected chi connectivity index (χ4v) is 1.66. The van der Waals surface area contributed by atoms with Crippen LogP contribution < -0.4 is 0 Å². The van der Waals surface area contributed by atoms with Gasteiger partial charge in [-0.25, -0.2) is 0 Å². The maximum Gasteiger partial charge on any atom is 0.120 e. The predicted molar refractivity (Wildman–Crippen MR) is 70.3 cm³/mol. The minimum Gasteiger partial charge on any atom is -0.508 e. The van der Waals surface area contributed by atoms with Gasteiger partial charge < -0.3 is 9.84 Å². The van der Waals surface area contributed by atoms with Crippen LogP contribution in [0.2, 0.25) is 0 Å². The van der Waals surface area contributed by atoms with Crippen LogP contribution in [0.25, 0.3) is 0 Å². The monoisotopic (exact) mass is 237 g/mol. The van der Waals surface area contributed by atoms with Gasteiger partial charge >= 0.3 is 0 Å². The average molecular weight is 237 g/mol. The van der Waals surface area contributed by atoms with Crippen molar-refractivity contribution in [2.45, 2.75) is 33.4 Å². The Labute approximate surface area is 104 Å². The smallest absolute Gasteiger partial charge is 0.120 e. The third-order valence-corrected chi connectivity index (χ3v) is 2.60. The molecular formula is C14H23NO2. The van der Waals surface area contributed by atoms with E-state index < -0.39 is 0 Å². The first-order valence-electron chi connectivity index (χ1n) is 6.07. The van der Waals surface area contributed by atoms with Crippen LogP contribution in [0.4, 0.5) is 0 Å². The summed E-state index contributed by atoms with van der Waals surface area (Å²) in [5.74, 6) is 0.368. The summed E-state index contributed by atoms with van der Waals surface area (Å²) in [6.07, 6.45) is 0.274. The molecule has 1 rings (SSSR count). The molecule has 96 valence electrons. The van der Waals surface area contributed by atoms with Crippen molar-refractivity contribution < 1.29 is 9.84 Å². The maximum atomic E-state index is 9.74. The van der Waals surface area contributed by atoms with E-state index in [9.17, 15) is 5.11 Å². The third-order valence-electron chi connectivity index (χ3n) is 2.60. The first-order valence-corrected chi connectivity index (χ1v) is 6.07. The molecule has 0 radical (unpaired) electrons. The highest BCUT2D eigenvalue weighted by Crippen LogP contribution is 2.19. The Hall–Kier alpha value is -1.06. The van der Waals surface area contributed by atoms with Gasteiger partial charge in [-0.3, -0.25) is 4.90 Å². The number of nitrogens with zero attached hydrogens (tertiary/aromatic N) is 1. The Morgan fingerprint density at radius 2 is 2.06 bits per heavy atom. The third kappa shape index (κ3) is 5.20. The number of likely N-dealkylation sites (N-methyl/N-ethyl adjacent to an activating group) is 1. The van der Waals surface area contributed by atoms with Gasteiger partial charge in [-0.1, -0.05) is 17.7 Å². The van der Waals surface area contributed by atoms with Crippen LogP contribution in [0.5, 0.6) is 5.75 Å². The molecule has 0 fully saturated rings. The van der Waals surface area contributed by atoms with Crippen LogP contribution in [0, 0.1) is 6.92 Å². The highest BCUT2D eigenvalue weighted by molar-refractivity contribution is 5.35. The number of phenols is 1. The summed E-state index contributed by atoms with van der Waals surface area (Å²) in [7, 11) is 2.03. The van der Waals surface area contributed by atoms with Crippen molar-refractivity contribution >= 4 is 0 Å². The summed E-state index contributed by atoms with van der Waals surface area (Å²) in [6, 6.07) is 5.69. The van der Waals surface area contributed by atoms with Gasteiger partial charge in [0.25, 0.3) is 0 Å². The zero-order chi connectivity index (χ0) is 12.8. The van der Waals surface area contributed by atoms with E-state index in [4.69, 9.17) is 4.74 Å². The van der Waals surface area contributed by atoms with E-state index in [1.165, 1.54) is 5.56 Å². The number of hydrogen-bond acceptors (Lipinski definition) is 3. The molecule has 1 aromatic rings. The van der Waals surface area contributed by atoms with Crippen molar-refractivity contribution in [3.8, 4) is 5.75 Å². The van der Waals surface area contributed by atoms with Crippen molar-refractivity contribution in [2.75, 3.05) is 20.2 Å². The Balaban J connectivity index is 2.44. The van der Waals surface area contributed by atoms with Crippen LogP contribution in [0.1, 0.15) is 25.0 Å². The second kappa shape index (κ2) is 6.62. The molecule has 0 unspecified atom stereocenters. The standard InChI is InChI=1S/C14H23NO2/c1-11(2)17-8-7-15(4)10-13-9-12(3)5-6-14(13)16/h5-6,9,11,16H,7-8,10H2,1-4H3. The van der Waals surface area contributed by atoms with Crippen molar-refractivity contribution in [1.82, 2.24) is 4.90 Å². The largest absolute Gasteiger partial charge is 0.508 e. The van der Waals surface area contributed by atoms with Crippen molar-refractivity contribution in [3.63, 3.8) is 0 Å². The number of aryl methyl sites for hydroxylation is 1. The Kier molecular flexibility index (Phi) is 5.45. The molecule has 3 heteroatoms. The highest BCUT2D eigenvalue weighted by atomic mass is 16.5. The number of ether oxygens (including phenoxy) is 1. The van der Waals surface area contributed by atoms with E-state index in [2.05, 4.69) is 4.90 Å². The van der Waals surface area contributed by atoms with Crippen molar-refractivity contribution in [1.29, 1.82) is 0 Å². The van der Waals surface area contributed by atoms with Gasteiger partial charge in [0.05, 0.1) is 12.7 Å². The lowest BCUT2D eigenvalue weighted by Gasteiger charge is -2.18. The predicted octanol–water partition coefficient (Wildman–Crippen LogP) is 2.56. The molecule has 17 heavy (non-hydrogen) atoms. The summed E-state index contributed by atoms with van der Waals surface area (Å²) in [5.41, 5.74) is 2.14. The first kappa shape index (κ1) is 14.0. The number of hydrogen-bond donors (Lipinski definition) is 1. The van der Waals surface area contributed by atoms with E-state index in [1.807, 2.05) is 40.0 Å². The molecule has 0 saturated heterocycles. The van der Waals surface area contributed by atoms with E-state index in [0.717, 1.165) is 25.3 Å². The van der Waals surface area contributed by atoms with Gasteiger partial charge in [-0.15, -0.1) is 0 Å². The van der Waals surface area contributed by atoms with E-state index >= 15 is 0 Å². The molecular weight excluding hydrogens is 214 g/mol. The minimum absolute atomic E-state index is 0.274. The van der Waals surface area contributed by atoms with Crippen LogP contribution in [0.15, 0.2) is 18.2 Å². The second-order valence-corrected chi connectivity index (χ2v) is 4.79. The Bertz CT molecular complexity index is 350. The number of rotatable bonds is 6. The van der Waals surface area contributed by atoms with E-state index in [1.54, 1.807) is 6.07 Å². The number of benzene rings is 1. The van der Waals surface area contributed by atoms with Crippen LogP contribution in [-0.4, -0.2) is 36.3 Å². The molecule has 0 bridgehead atoms. The van der Waals surface area contributed by atoms with Crippen molar-refractivity contribution in [3.05, 3.63) is 29.3 Å². The van der Waals surface area contributed by atoms with Crippen LogP contribution in [0.3, 0.4) is 0 Å². The SMILES string of the molecule is Cc1ccc(O)c(CN(C)CCOC(C)C)c1. The zero-order valence-corrected chi connectivity index (χ0v) is 11.2. The van der Waals surface area contributed by atoms with Crippen LogP contribution >= 0.6 is 0 Å². The van der Waals surface area contributed by atoms with Gasteiger partial charge in [0.2, 0.25) is 0 Å². The average Bonchev–Trinajstić information content (AvgIpc) is 2.23. The fourth-order valence-electron chi connectivity index (χ4n) is 1.66. The molecule has 0 spiro atoms. The van der Waals surface area contributed by atoms with Gasteiger partial charge in [-0.05, 0) is 33.9 Å². The molecule has 0 aliphatic rings. The van der Waals surface area contributed by atoms with Gasteiger partial charge in [-0.2, -0.15) is 0 Å².